The summed E-state index contributed by atoms with van der Waals surface area (Å²) >= 11 is 6.46. The first kappa shape index (κ1) is 31.0. The molecule has 8 nitrogen and oxygen atoms in total. The van der Waals surface area contributed by atoms with Crippen molar-refractivity contribution in [3.63, 3.8) is 0 Å². The van der Waals surface area contributed by atoms with Crippen LogP contribution in [0.4, 0.5) is 27.6 Å². The SMILES string of the molecule is Cn1nc2c(B3OC(C)(C)C(C)(C)O3)cc(NC(=O)c3cc(F)cc(C(F)(F)F)c3)c3c2c1C(=O)NC3c1cc(F)ccc1Cl. The average Bonchev–Trinajstić information content (AvgIpc) is 3.39. The monoisotopic (exact) mass is 646 g/mol. The summed E-state index contributed by atoms with van der Waals surface area (Å²) in [5.74, 6) is -3.59. The van der Waals surface area contributed by atoms with Gasteiger partial charge in [-0.25, -0.2) is 8.78 Å². The number of amides is 2. The lowest BCUT2D eigenvalue weighted by molar-refractivity contribution is -0.137. The summed E-state index contributed by atoms with van der Waals surface area (Å²) in [5.41, 5.74) is -2.54. The van der Waals surface area contributed by atoms with E-state index in [4.69, 9.17) is 20.9 Å². The molecule has 0 saturated carbocycles. The molecule has 6 rings (SSSR count). The molecule has 2 N–H and O–H groups in total. The number of carbonyl (C=O) groups is 2. The van der Waals surface area contributed by atoms with Crippen molar-refractivity contribution in [2.45, 2.75) is 51.1 Å². The third kappa shape index (κ3) is 5.14. The lowest BCUT2D eigenvalue weighted by atomic mass is 9.75. The Hall–Kier alpha value is -4.01. The molecule has 0 radical (unpaired) electrons. The van der Waals surface area contributed by atoms with Gasteiger partial charge in [-0.3, -0.25) is 14.3 Å². The van der Waals surface area contributed by atoms with E-state index in [0.29, 0.717) is 17.6 Å². The van der Waals surface area contributed by atoms with E-state index < -0.39 is 65.1 Å². The molecule has 15 heteroatoms. The molecule has 0 aliphatic carbocycles. The van der Waals surface area contributed by atoms with Gasteiger partial charge in [0.15, 0.2) is 0 Å². The van der Waals surface area contributed by atoms with Gasteiger partial charge in [-0.15, -0.1) is 0 Å². The van der Waals surface area contributed by atoms with E-state index in [0.717, 1.165) is 12.1 Å². The van der Waals surface area contributed by atoms with Crippen molar-refractivity contribution in [2.24, 2.45) is 7.05 Å². The molecule has 2 amide bonds. The summed E-state index contributed by atoms with van der Waals surface area (Å²) < 4.78 is 83.0. The second-order valence-corrected chi connectivity index (χ2v) is 12.4. The molecule has 1 aromatic heterocycles. The van der Waals surface area contributed by atoms with Crippen LogP contribution in [0.3, 0.4) is 0 Å². The Morgan fingerprint density at radius 3 is 2.36 bits per heavy atom. The fraction of sp³-hybridized carbons (Fsp3) is 0.300. The quantitative estimate of drug-likeness (QED) is 0.213. The molecule has 2 aliphatic heterocycles. The largest absolute Gasteiger partial charge is 0.497 e. The number of nitrogens with one attached hydrogen (secondary N) is 2. The molecule has 1 saturated heterocycles. The topological polar surface area (TPSA) is 94.5 Å². The number of aromatic nitrogens is 2. The highest BCUT2D eigenvalue weighted by atomic mass is 35.5. The summed E-state index contributed by atoms with van der Waals surface area (Å²) in [4.78, 5) is 27.0. The molecule has 45 heavy (non-hydrogen) atoms. The Bertz CT molecular complexity index is 1910. The van der Waals surface area contributed by atoms with Gasteiger partial charge < -0.3 is 19.9 Å². The van der Waals surface area contributed by atoms with Crippen molar-refractivity contribution in [3.8, 4) is 0 Å². The van der Waals surface area contributed by atoms with Gasteiger partial charge in [0.05, 0.1) is 28.3 Å². The first-order valence-corrected chi connectivity index (χ1v) is 14.1. The van der Waals surface area contributed by atoms with Crippen LogP contribution >= 0.6 is 11.6 Å². The Balaban J connectivity index is 1.60. The number of hydrogen-bond donors (Lipinski definition) is 2. The summed E-state index contributed by atoms with van der Waals surface area (Å²) in [5, 5.41) is 10.3. The number of aryl methyl sites for hydroxylation is 1. The summed E-state index contributed by atoms with van der Waals surface area (Å²) in [7, 11) is 0.487. The standard InChI is InChI=1S/C30H25BClF5N4O4/c1-28(2)29(3,4)45-31(44-28)18-12-20(38-26(42)13-8-14(30(35,36)37)10-16(34)9-13)21-22-24(18)40-41(5)25(22)27(43)39-23(21)17-11-15(33)6-7-19(17)32/h6-12,23H,1-5H3,(H,38,42)(H,39,43). The molecule has 0 bridgehead atoms. The van der Waals surface area contributed by atoms with E-state index in [1.165, 1.54) is 23.9 Å². The first-order valence-electron chi connectivity index (χ1n) is 13.7. The Kier molecular flexibility index (Phi) is 7.07. The maximum atomic E-state index is 14.5. The molecule has 3 aromatic carbocycles. The van der Waals surface area contributed by atoms with Crippen LogP contribution in [0.2, 0.25) is 5.02 Å². The van der Waals surface area contributed by atoms with Crippen LogP contribution in [0.1, 0.15) is 71.3 Å². The van der Waals surface area contributed by atoms with Gasteiger partial charge in [0.2, 0.25) is 0 Å². The van der Waals surface area contributed by atoms with Gasteiger partial charge in [-0.1, -0.05) is 11.6 Å². The minimum absolute atomic E-state index is 0.00499. The molecular formula is C30H25BClF5N4O4. The van der Waals surface area contributed by atoms with Crippen LogP contribution in [0, 0.1) is 11.6 Å². The maximum absolute atomic E-state index is 14.5. The molecule has 1 fully saturated rings. The van der Waals surface area contributed by atoms with Gasteiger partial charge in [-0.2, -0.15) is 18.3 Å². The number of hydrogen-bond acceptors (Lipinski definition) is 5. The van der Waals surface area contributed by atoms with E-state index >= 15 is 0 Å². The second-order valence-electron chi connectivity index (χ2n) is 12.0. The van der Waals surface area contributed by atoms with E-state index in [-0.39, 0.29) is 44.5 Å². The van der Waals surface area contributed by atoms with Crippen molar-refractivity contribution in [1.29, 1.82) is 0 Å². The number of benzene rings is 3. The highest BCUT2D eigenvalue weighted by molar-refractivity contribution is 6.65. The summed E-state index contributed by atoms with van der Waals surface area (Å²) in [6, 6.07) is 5.36. The van der Waals surface area contributed by atoms with Gasteiger partial charge in [0.1, 0.15) is 17.3 Å². The van der Waals surface area contributed by atoms with Gasteiger partial charge in [0, 0.05) is 45.3 Å². The molecule has 234 valence electrons. The summed E-state index contributed by atoms with van der Waals surface area (Å²) in [6.45, 7) is 7.30. The van der Waals surface area contributed by atoms with Crippen molar-refractivity contribution >= 4 is 52.6 Å². The zero-order valence-corrected chi connectivity index (χ0v) is 25.2. The average molecular weight is 647 g/mol. The number of alkyl halides is 3. The lowest BCUT2D eigenvalue weighted by Crippen LogP contribution is -2.41. The number of carbonyl (C=O) groups excluding carboxylic acids is 2. The van der Waals surface area contributed by atoms with E-state index in [9.17, 15) is 31.5 Å². The molecule has 1 atom stereocenters. The van der Waals surface area contributed by atoms with Crippen molar-refractivity contribution in [2.75, 3.05) is 5.32 Å². The molecule has 4 aromatic rings. The van der Waals surface area contributed by atoms with Crippen LogP contribution in [-0.4, -0.2) is 39.9 Å². The van der Waals surface area contributed by atoms with Gasteiger partial charge >= 0.3 is 13.3 Å². The highest BCUT2D eigenvalue weighted by Crippen LogP contribution is 2.43. The van der Waals surface area contributed by atoms with Crippen molar-refractivity contribution in [3.05, 3.63) is 87.1 Å². The predicted molar refractivity (Wildman–Crippen MR) is 157 cm³/mol. The third-order valence-corrected chi connectivity index (χ3v) is 8.82. The van der Waals surface area contributed by atoms with Gasteiger partial charge in [-0.05, 0) is 70.2 Å². The highest BCUT2D eigenvalue weighted by Gasteiger charge is 2.53. The zero-order chi connectivity index (χ0) is 32.8. The van der Waals surface area contributed by atoms with Crippen LogP contribution in [-0.2, 0) is 22.5 Å². The van der Waals surface area contributed by atoms with Crippen molar-refractivity contribution < 1.29 is 40.8 Å². The number of halogens is 6. The molecule has 3 heterocycles. The Morgan fingerprint density at radius 2 is 1.71 bits per heavy atom. The number of nitrogens with zero attached hydrogens (tertiary/aromatic N) is 2. The normalized spacial score (nSPS) is 18.8. The minimum Gasteiger partial charge on any atom is -0.399 e. The Morgan fingerprint density at radius 1 is 1.04 bits per heavy atom. The van der Waals surface area contributed by atoms with Crippen LogP contribution in [0.25, 0.3) is 10.9 Å². The number of anilines is 1. The van der Waals surface area contributed by atoms with E-state index in [1.807, 2.05) is 27.7 Å². The zero-order valence-electron chi connectivity index (χ0n) is 24.5. The third-order valence-electron chi connectivity index (χ3n) is 8.47. The van der Waals surface area contributed by atoms with Crippen LogP contribution in [0.15, 0.2) is 42.5 Å². The molecule has 1 unspecified atom stereocenters. The van der Waals surface area contributed by atoms with E-state index in [1.54, 1.807) is 0 Å². The molecular weight excluding hydrogens is 622 g/mol. The molecule has 0 spiro atoms. The van der Waals surface area contributed by atoms with E-state index in [2.05, 4.69) is 15.7 Å². The predicted octanol–water partition coefficient (Wildman–Crippen LogP) is 5.91. The summed E-state index contributed by atoms with van der Waals surface area (Å²) in [6.07, 6.45) is -4.92. The maximum Gasteiger partial charge on any atom is 0.497 e. The minimum atomic E-state index is -4.92. The Labute approximate surface area is 259 Å². The molecule has 2 aliphatic rings. The first-order chi connectivity index (χ1) is 20.9. The second kappa shape index (κ2) is 10.3. The lowest BCUT2D eigenvalue weighted by Gasteiger charge is -2.32. The number of rotatable bonds is 4. The fourth-order valence-corrected chi connectivity index (χ4v) is 5.78. The fourth-order valence-electron chi connectivity index (χ4n) is 5.55. The smallest absolute Gasteiger partial charge is 0.399 e. The van der Waals surface area contributed by atoms with Crippen LogP contribution < -0.4 is 16.1 Å². The van der Waals surface area contributed by atoms with Crippen molar-refractivity contribution in [1.82, 2.24) is 15.1 Å². The van der Waals surface area contributed by atoms with Crippen LogP contribution in [0.5, 0.6) is 0 Å². The van der Waals surface area contributed by atoms with Gasteiger partial charge in [0.25, 0.3) is 11.8 Å².